The first-order chi connectivity index (χ1) is 5.88. The lowest BCUT2D eigenvalue weighted by atomic mass is 10.2. The van der Waals surface area contributed by atoms with Gasteiger partial charge < -0.3 is 4.74 Å². The largest absolute Gasteiger partial charge is 0.573 e. The Morgan fingerprint density at radius 2 is 1.92 bits per heavy atom. The van der Waals surface area contributed by atoms with Crippen molar-refractivity contribution >= 4 is 12.6 Å². The van der Waals surface area contributed by atoms with E-state index in [2.05, 4.69) is 17.4 Å². The Hall–Kier alpha value is -0.840. The monoisotopic (exact) mass is 208 g/mol. The molecular weight excluding hydrogens is 201 g/mol. The van der Waals surface area contributed by atoms with Crippen molar-refractivity contribution < 1.29 is 17.9 Å². The van der Waals surface area contributed by atoms with Gasteiger partial charge in [0.2, 0.25) is 0 Å². The highest BCUT2D eigenvalue weighted by molar-refractivity contribution is 7.80. The first kappa shape index (κ1) is 10.2. The summed E-state index contributed by atoms with van der Waals surface area (Å²) in [6.07, 6.45) is -4.66. The quantitative estimate of drug-likeness (QED) is 0.697. The van der Waals surface area contributed by atoms with Crippen LogP contribution in [0.1, 0.15) is 5.56 Å². The minimum absolute atomic E-state index is 0.169. The summed E-state index contributed by atoms with van der Waals surface area (Å²) in [7, 11) is 0. The van der Waals surface area contributed by atoms with Crippen molar-refractivity contribution in [1.82, 2.24) is 0 Å². The number of rotatable bonds is 1. The Bertz CT molecular complexity index is 309. The molecule has 0 bridgehead atoms. The molecule has 1 nitrogen and oxygen atoms in total. The number of thiol groups is 1. The van der Waals surface area contributed by atoms with Gasteiger partial charge in [-0.3, -0.25) is 0 Å². The Morgan fingerprint density at radius 1 is 1.31 bits per heavy atom. The molecule has 0 saturated carbocycles. The number of ether oxygens (including phenoxy) is 1. The molecule has 0 amide bonds. The van der Waals surface area contributed by atoms with Gasteiger partial charge in [-0.25, -0.2) is 0 Å². The van der Waals surface area contributed by atoms with Crippen LogP contribution in [-0.2, 0) is 0 Å². The smallest absolute Gasteiger partial charge is 0.405 e. The van der Waals surface area contributed by atoms with Crippen molar-refractivity contribution in [3.05, 3.63) is 23.8 Å². The average Bonchev–Trinajstić information content (AvgIpc) is 1.94. The van der Waals surface area contributed by atoms with Crippen molar-refractivity contribution in [2.45, 2.75) is 18.2 Å². The standard InChI is InChI=1S/C8H7F3OS/c1-5-2-3-7(13)6(4-5)12-8(9,10)11/h2-4,13H,1H3. The highest BCUT2D eigenvalue weighted by Gasteiger charge is 2.31. The fraction of sp³-hybridized carbons (Fsp3) is 0.250. The predicted octanol–water partition coefficient (Wildman–Crippen LogP) is 3.18. The Morgan fingerprint density at radius 3 is 2.46 bits per heavy atom. The summed E-state index contributed by atoms with van der Waals surface area (Å²) in [5.74, 6) is -0.268. The zero-order valence-electron chi connectivity index (χ0n) is 6.72. The number of halogens is 3. The van der Waals surface area contributed by atoms with Gasteiger partial charge in [0.05, 0.1) is 0 Å². The molecule has 5 heteroatoms. The van der Waals surface area contributed by atoms with Gasteiger partial charge in [-0.2, -0.15) is 0 Å². The average molecular weight is 208 g/mol. The first-order valence-electron chi connectivity index (χ1n) is 3.44. The SMILES string of the molecule is Cc1ccc(S)c(OC(F)(F)F)c1. The second kappa shape index (κ2) is 3.49. The molecule has 0 saturated heterocycles. The lowest BCUT2D eigenvalue weighted by molar-refractivity contribution is -0.275. The van der Waals surface area contributed by atoms with Gasteiger partial charge in [0.15, 0.2) is 0 Å². The van der Waals surface area contributed by atoms with E-state index in [0.717, 1.165) is 0 Å². The van der Waals surface area contributed by atoms with Crippen molar-refractivity contribution in [1.29, 1.82) is 0 Å². The third-order valence-electron chi connectivity index (χ3n) is 1.34. The van der Waals surface area contributed by atoms with E-state index in [4.69, 9.17) is 0 Å². The number of hydrogen-bond donors (Lipinski definition) is 1. The fourth-order valence-corrected chi connectivity index (χ4v) is 1.01. The van der Waals surface area contributed by atoms with E-state index in [-0.39, 0.29) is 10.6 Å². The van der Waals surface area contributed by atoms with Crippen molar-refractivity contribution in [2.75, 3.05) is 0 Å². The van der Waals surface area contributed by atoms with Gasteiger partial charge in [-0.15, -0.1) is 25.8 Å². The lowest BCUT2D eigenvalue weighted by Gasteiger charge is -2.10. The maximum atomic E-state index is 11.8. The van der Waals surface area contributed by atoms with E-state index < -0.39 is 6.36 Å². The highest BCUT2D eigenvalue weighted by Crippen LogP contribution is 2.29. The second-order valence-corrected chi connectivity index (χ2v) is 3.00. The van der Waals surface area contributed by atoms with E-state index in [0.29, 0.717) is 5.56 Å². The molecule has 0 spiro atoms. The molecule has 13 heavy (non-hydrogen) atoms. The summed E-state index contributed by atoms with van der Waals surface area (Å²) in [6.45, 7) is 1.68. The van der Waals surface area contributed by atoms with Gasteiger partial charge in [0.25, 0.3) is 0 Å². The van der Waals surface area contributed by atoms with Gasteiger partial charge in [-0.05, 0) is 24.6 Å². The van der Waals surface area contributed by atoms with Gasteiger partial charge in [0, 0.05) is 4.90 Å². The molecule has 0 aliphatic carbocycles. The van der Waals surface area contributed by atoms with Crippen LogP contribution in [0.15, 0.2) is 23.1 Å². The van der Waals surface area contributed by atoms with E-state index in [1.54, 1.807) is 13.0 Å². The van der Waals surface area contributed by atoms with Crippen LogP contribution in [0.25, 0.3) is 0 Å². The third kappa shape index (κ3) is 3.18. The summed E-state index contributed by atoms with van der Waals surface area (Å²) >= 11 is 3.83. The summed E-state index contributed by atoms with van der Waals surface area (Å²) in [6, 6.07) is 4.40. The van der Waals surface area contributed by atoms with Crippen LogP contribution in [0, 0.1) is 6.92 Å². The Labute approximate surface area is 78.9 Å². The van der Waals surface area contributed by atoms with Crippen LogP contribution >= 0.6 is 12.6 Å². The highest BCUT2D eigenvalue weighted by atomic mass is 32.1. The minimum Gasteiger partial charge on any atom is -0.405 e. The maximum absolute atomic E-state index is 11.8. The molecule has 1 aromatic carbocycles. The molecule has 0 heterocycles. The van der Waals surface area contributed by atoms with E-state index in [1.807, 2.05) is 0 Å². The number of hydrogen-bond acceptors (Lipinski definition) is 2. The fourth-order valence-electron chi connectivity index (χ4n) is 0.828. The topological polar surface area (TPSA) is 9.23 Å². The molecule has 0 atom stereocenters. The maximum Gasteiger partial charge on any atom is 0.573 e. The van der Waals surface area contributed by atoms with Crippen LogP contribution in [-0.4, -0.2) is 6.36 Å². The number of aryl methyl sites for hydroxylation is 1. The van der Waals surface area contributed by atoms with Crippen LogP contribution in [0.3, 0.4) is 0 Å². The zero-order chi connectivity index (χ0) is 10.1. The number of benzene rings is 1. The molecule has 1 rings (SSSR count). The Balaban J connectivity index is 2.94. The minimum atomic E-state index is -4.66. The van der Waals surface area contributed by atoms with E-state index >= 15 is 0 Å². The molecular formula is C8H7F3OS. The van der Waals surface area contributed by atoms with Crippen LogP contribution in [0.2, 0.25) is 0 Å². The predicted molar refractivity (Wildman–Crippen MR) is 45.1 cm³/mol. The first-order valence-corrected chi connectivity index (χ1v) is 3.88. The zero-order valence-corrected chi connectivity index (χ0v) is 7.62. The second-order valence-electron chi connectivity index (χ2n) is 2.52. The molecule has 0 aliphatic rings. The molecule has 0 aliphatic heterocycles. The molecule has 0 aromatic heterocycles. The summed E-state index contributed by atoms with van der Waals surface area (Å²) < 4.78 is 39.1. The van der Waals surface area contributed by atoms with Crippen LogP contribution in [0.5, 0.6) is 5.75 Å². The van der Waals surface area contributed by atoms with Crippen LogP contribution in [0.4, 0.5) is 13.2 Å². The third-order valence-corrected chi connectivity index (χ3v) is 1.71. The van der Waals surface area contributed by atoms with E-state index in [1.165, 1.54) is 12.1 Å². The summed E-state index contributed by atoms with van der Waals surface area (Å²) in [5, 5.41) is 0. The molecule has 72 valence electrons. The molecule has 0 fully saturated rings. The van der Waals surface area contributed by atoms with Gasteiger partial charge in [0.1, 0.15) is 5.75 Å². The molecule has 0 unspecified atom stereocenters. The van der Waals surface area contributed by atoms with Gasteiger partial charge in [-0.1, -0.05) is 6.07 Å². The van der Waals surface area contributed by atoms with Crippen molar-refractivity contribution in [2.24, 2.45) is 0 Å². The van der Waals surface area contributed by atoms with Gasteiger partial charge >= 0.3 is 6.36 Å². The molecule has 0 N–H and O–H groups in total. The molecule has 0 radical (unpaired) electrons. The Kier molecular flexibility index (Phi) is 2.75. The van der Waals surface area contributed by atoms with E-state index in [9.17, 15) is 13.2 Å². The normalized spacial score (nSPS) is 11.5. The molecule has 1 aromatic rings. The summed E-state index contributed by atoms with van der Waals surface area (Å²) in [4.78, 5) is 0.169. The van der Waals surface area contributed by atoms with Crippen molar-refractivity contribution in [3.63, 3.8) is 0 Å². The number of alkyl halides is 3. The summed E-state index contributed by atoms with van der Waals surface area (Å²) in [5.41, 5.74) is 0.692. The lowest BCUT2D eigenvalue weighted by Crippen LogP contribution is -2.17. The van der Waals surface area contributed by atoms with Crippen molar-refractivity contribution in [3.8, 4) is 5.75 Å². The van der Waals surface area contributed by atoms with Crippen LogP contribution < -0.4 is 4.74 Å².